The van der Waals surface area contributed by atoms with Crippen molar-refractivity contribution < 1.29 is 9.32 Å². The van der Waals surface area contributed by atoms with Crippen molar-refractivity contribution in [3.63, 3.8) is 0 Å². The lowest BCUT2D eigenvalue weighted by Gasteiger charge is -2.16. The molecule has 1 aliphatic rings. The highest BCUT2D eigenvalue weighted by Crippen LogP contribution is 2.30. The third-order valence-electron chi connectivity index (χ3n) is 3.28. The minimum atomic E-state index is 0. The van der Waals surface area contributed by atoms with Crippen molar-refractivity contribution in [2.45, 2.75) is 32.7 Å². The summed E-state index contributed by atoms with van der Waals surface area (Å²) >= 11 is 0. The number of nitrogens with two attached hydrogens (primary N) is 1. The molecule has 0 saturated heterocycles. The monoisotopic (exact) mass is 274 g/mol. The normalized spacial score (nSPS) is 22.6. The van der Waals surface area contributed by atoms with Gasteiger partial charge in [-0.1, -0.05) is 11.6 Å². The molecule has 2 rings (SSSR count). The number of nitrogens with one attached hydrogen (secondary N) is 1. The Morgan fingerprint density at radius 1 is 1.56 bits per heavy atom. The van der Waals surface area contributed by atoms with Gasteiger partial charge < -0.3 is 15.6 Å². The molecule has 1 fully saturated rings. The van der Waals surface area contributed by atoms with Crippen molar-refractivity contribution in [1.82, 2.24) is 15.5 Å². The first-order valence-electron chi connectivity index (χ1n) is 5.97. The molecule has 0 unspecified atom stereocenters. The van der Waals surface area contributed by atoms with Crippen LogP contribution in [0.25, 0.3) is 0 Å². The number of aromatic nitrogens is 2. The van der Waals surface area contributed by atoms with Gasteiger partial charge in [0.1, 0.15) is 0 Å². The third-order valence-corrected chi connectivity index (χ3v) is 3.28. The van der Waals surface area contributed by atoms with Gasteiger partial charge in [0.25, 0.3) is 0 Å². The van der Waals surface area contributed by atoms with Gasteiger partial charge in [0.2, 0.25) is 11.8 Å². The van der Waals surface area contributed by atoms with Crippen molar-refractivity contribution in [1.29, 1.82) is 0 Å². The summed E-state index contributed by atoms with van der Waals surface area (Å²) in [7, 11) is 0. The van der Waals surface area contributed by atoms with Crippen LogP contribution in [0.1, 0.15) is 31.0 Å². The molecule has 102 valence electrons. The Labute approximate surface area is 112 Å². The summed E-state index contributed by atoms with van der Waals surface area (Å²) in [4.78, 5) is 16.0. The molecule has 1 aromatic rings. The number of hydrogen-bond donors (Lipinski definition) is 2. The van der Waals surface area contributed by atoms with Gasteiger partial charge in [-0.25, -0.2) is 0 Å². The van der Waals surface area contributed by atoms with E-state index in [1.807, 2.05) is 0 Å². The number of carbonyl (C=O) groups excluding carboxylic acids is 1. The molecular weight excluding hydrogens is 256 g/mol. The van der Waals surface area contributed by atoms with Gasteiger partial charge >= 0.3 is 0 Å². The van der Waals surface area contributed by atoms with Crippen LogP contribution < -0.4 is 11.1 Å². The van der Waals surface area contributed by atoms with E-state index >= 15 is 0 Å². The van der Waals surface area contributed by atoms with E-state index in [0.717, 1.165) is 19.3 Å². The van der Waals surface area contributed by atoms with Crippen LogP contribution in [-0.4, -0.2) is 22.6 Å². The van der Waals surface area contributed by atoms with E-state index in [1.165, 1.54) is 0 Å². The van der Waals surface area contributed by atoms with Gasteiger partial charge in [0.05, 0.1) is 6.54 Å². The van der Waals surface area contributed by atoms with Gasteiger partial charge in [-0.3, -0.25) is 4.79 Å². The molecule has 1 aromatic heterocycles. The van der Waals surface area contributed by atoms with Crippen LogP contribution in [0, 0.1) is 18.8 Å². The summed E-state index contributed by atoms with van der Waals surface area (Å²) in [5.74, 6) is 1.44. The van der Waals surface area contributed by atoms with Crippen molar-refractivity contribution in [3.8, 4) is 0 Å². The van der Waals surface area contributed by atoms with Crippen LogP contribution in [0.4, 0.5) is 0 Å². The SMILES string of the molecule is Cc1noc(CNC(=O)[C@@H]2CCC[C@@H]2CN)n1.Cl. The predicted octanol–water partition coefficient (Wildman–Crippen LogP) is 0.791. The van der Waals surface area contributed by atoms with Crippen LogP contribution in [-0.2, 0) is 11.3 Å². The molecule has 1 heterocycles. The average Bonchev–Trinajstić information content (AvgIpc) is 2.94. The second kappa shape index (κ2) is 6.70. The predicted molar refractivity (Wildman–Crippen MR) is 68.0 cm³/mol. The molecule has 1 saturated carbocycles. The van der Waals surface area contributed by atoms with Crippen LogP contribution in [0.3, 0.4) is 0 Å². The summed E-state index contributed by atoms with van der Waals surface area (Å²) in [5, 5.41) is 6.49. The first-order chi connectivity index (χ1) is 8.20. The molecule has 6 nitrogen and oxygen atoms in total. The van der Waals surface area contributed by atoms with Crippen LogP contribution in [0.15, 0.2) is 4.52 Å². The van der Waals surface area contributed by atoms with Crippen molar-refractivity contribution in [2.24, 2.45) is 17.6 Å². The zero-order valence-corrected chi connectivity index (χ0v) is 11.2. The van der Waals surface area contributed by atoms with Crippen molar-refractivity contribution in [2.75, 3.05) is 6.54 Å². The van der Waals surface area contributed by atoms with Gasteiger partial charge in [-0.2, -0.15) is 4.98 Å². The molecule has 2 atom stereocenters. The highest BCUT2D eigenvalue weighted by molar-refractivity contribution is 5.85. The van der Waals surface area contributed by atoms with Gasteiger partial charge in [0.15, 0.2) is 5.82 Å². The summed E-state index contributed by atoms with van der Waals surface area (Å²) < 4.78 is 4.93. The first kappa shape index (κ1) is 14.9. The summed E-state index contributed by atoms with van der Waals surface area (Å²) in [5.41, 5.74) is 5.65. The zero-order valence-electron chi connectivity index (χ0n) is 10.4. The third kappa shape index (κ3) is 3.43. The Hall–Kier alpha value is -1.14. The molecule has 3 N–H and O–H groups in total. The minimum Gasteiger partial charge on any atom is -0.347 e. The fourth-order valence-corrected chi connectivity index (χ4v) is 2.37. The molecule has 1 aliphatic carbocycles. The Morgan fingerprint density at radius 3 is 2.94 bits per heavy atom. The van der Waals surface area contributed by atoms with E-state index in [4.69, 9.17) is 10.3 Å². The summed E-state index contributed by atoms with van der Waals surface area (Å²) in [6.07, 6.45) is 3.06. The number of amides is 1. The number of halogens is 1. The van der Waals surface area contributed by atoms with E-state index in [0.29, 0.717) is 30.7 Å². The molecule has 7 heteroatoms. The van der Waals surface area contributed by atoms with Crippen molar-refractivity contribution >= 4 is 18.3 Å². The van der Waals surface area contributed by atoms with Crippen LogP contribution in [0.5, 0.6) is 0 Å². The molecule has 0 spiro atoms. The van der Waals surface area contributed by atoms with E-state index in [1.54, 1.807) is 6.92 Å². The molecule has 18 heavy (non-hydrogen) atoms. The Bertz CT molecular complexity index is 396. The maximum atomic E-state index is 11.9. The highest BCUT2D eigenvalue weighted by atomic mass is 35.5. The van der Waals surface area contributed by atoms with Crippen LogP contribution in [0.2, 0.25) is 0 Å². The number of aryl methyl sites for hydroxylation is 1. The first-order valence-corrected chi connectivity index (χ1v) is 5.97. The van der Waals surface area contributed by atoms with Crippen molar-refractivity contribution in [3.05, 3.63) is 11.7 Å². The van der Waals surface area contributed by atoms with E-state index in [2.05, 4.69) is 15.5 Å². The number of hydrogen-bond acceptors (Lipinski definition) is 5. The lowest BCUT2D eigenvalue weighted by Crippen LogP contribution is -2.34. The number of rotatable bonds is 4. The maximum absolute atomic E-state index is 11.9. The quantitative estimate of drug-likeness (QED) is 0.847. The lowest BCUT2D eigenvalue weighted by atomic mass is 9.95. The fourth-order valence-electron chi connectivity index (χ4n) is 2.37. The molecular formula is C11H19ClN4O2. The fraction of sp³-hybridized carbons (Fsp3) is 0.727. The lowest BCUT2D eigenvalue weighted by molar-refractivity contribution is -0.126. The van der Waals surface area contributed by atoms with Gasteiger partial charge in [-0.15, -0.1) is 12.4 Å². The highest BCUT2D eigenvalue weighted by Gasteiger charge is 2.31. The molecule has 0 radical (unpaired) electrons. The second-order valence-corrected chi connectivity index (χ2v) is 4.49. The summed E-state index contributed by atoms with van der Waals surface area (Å²) in [6.45, 7) is 2.63. The van der Waals surface area contributed by atoms with E-state index < -0.39 is 0 Å². The molecule has 0 aromatic carbocycles. The van der Waals surface area contributed by atoms with Crippen LogP contribution >= 0.6 is 12.4 Å². The topological polar surface area (TPSA) is 94.0 Å². The number of carbonyl (C=O) groups is 1. The van der Waals surface area contributed by atoms with E-state index in [-0.39, 0.29) is 24.2 Å². The minimum absolute atomic E-state index is 0. The Kier molecular flexibility index (Phi) is 5.55. The zero-order chi connectivity index (χ0) is 12.3. The molecule has 0 bridgehead atoms. The maximum Gasteiger partial charge on any atom is 0.246 e. The van der Waals surface area contributed by atoms with Gasteiger partial charge in [-0.05, 0) is 32.2 Å². The van der Waals surface area contributed by atoms with Gasteiger partial charge in [0, 0.05) is 5.92 Å². The molecule has 0 aliphatic heterocycles. The average molecular weight is 275 g/mol. The largest absolute Gasteiger partial charge is 0.347 e. The molecule has 1 amide bonds. The Morgan fingerprint density at radius 2 is 2.33 bits per heavy atom. The second-order valence-electron chi connectivity index (χ2n) is 4.49. The standard InChI is InChI=1S/C11H18N4O2.ClH/c1-7-14-10(17-15-7)6-13-11(16)9-4-2-3-8(9)5-12;/h8-9H,2-6,12H2,1H3,(H,13,16);1H/t8-,9-;/m1./s1. The number of nitrogens with zero attached hydrogens (tertiary/aromatic N) is 2. The Balaban J connectivity index is 0.00000162. The summed E-state index contributed by atoms with van der Waals surface area (Å²) in [6, 6.07) is 0. The van der Waals surface area contributed by atoms with E-state index in [9.17, 15) is 4.79 Å². The smallest absolute Gasteiger partial charge is 0.246 e.